The van der Waals surface area contributed by atoms with E-state index in [1.807, 2.05) is 91.0 Å². The number of carbonyl (C=O) groups is 1. The minimum absolute atomic E-state index is 0.0498. The number of fused-ring (bicyclic) bond motifs is 2. The number of nitrogens with two attached hydrogens (primary N) is 2. The number of nitrogen functional groups attached to an aromatic ring is 1. The standard InChI is InChI=1S/C34H30ClN7O.C2HF3O2/c35-25-8-13-28-29(14-17-40-32(28)20-25)39-15-1-16-41-34(38)22-6-11-27(12-7-22)43-26-9-4-21(5-10-26)30-18-23-2-3-24(33(36)37)19-31(23)42-30;3-2(4,5)1(6)7/h2-14,17-20,42H,1,15-16H2,(H3,36,37)(H2,38,41)(H,39,40);(H,6,7). The molecule has 6 rings (SSSR count). The van der Waals surface area contributed by atoms with Crippen molar-refractivity contribution in [3.8, 4) is 22.8 Å². The third kappa shape index (κ3) is 9.08. The van der Waals surface area contributed by atoms with E-state index in [0.717, 1.165) is 63.0 Å². The summed E-state index contributed by atoms with van der Waals surface area (Å²) < 4.78 is 37.8. The number of benzene rings is 4. The van der Waals surface area contributed by atoms with Crippen molar-refractivity contribution in [2.24, 2.45) is 16.5 Å². The minimum Gasteiger partial charge on any atom is -0.475 e. The monoisotopic (exact) mass is 701 g/mol. The molecule has 4 aromatic carbocycles. The average Bonchev–Trinajstić information content (AvgIpc) is 3.52. The molecule has 2 aromatic heterocycles. The molecule has 0 fully saturated rings. The zero-order chi connectivity index (χ0) is 35.8. The van der Waals surface area contributed by atoms with Gasteiger partial charge in [-0.3, -0.25) is 15.4 Å². The first-order chi connectivity index (χ1) is 23.9. The molecule has 0 aliphatic rings. The number of halogens is 4. The summed E-state index contributed by atoms with van der Waals surface area (Å²) in [5, 5.41) is 21.0. The second-order valence-electron chi connectivity index (χ2n) is 10.9. The van der Waals surface area contributed by atoms with E-state index in [-0.39, 0.29) is 5.84 Å². The van der Waals surface area contributed by atoms with Gasteiger partial charge < -0.3 is 31.6 Å². The Balaban J connectivity index is 0.000000630. The topological polar surface area (TPSA) is 175 Å². The molecular weight excluding hydrogens is 671 g/mol. The van der Waals surface area contributed by atoms with Gasteiger partial charge in [0.25, 0.3) is 0 Å². The fourth-order valence-electron chi connectivity index (χ4n) is 4.85. The summed E-state index contributed by atoms with van der Waals surface area (Å²) in [5.41, 5.74) is 18.2. The Labute approximate surface area is 289 Å². The Morgan fingerprint density at radius 3 is 2.26 bits per heavy atom. The van der Waals surface area contributed by atoms with Gasteiger partial charge in [0.1, 0.15) is 23.2 Å². The van der Waals surface area contributed by atoms with Gasteiger partial charge in [0.05, 0.1) is 5.52 Å². The van der Waals surface area contributed by atoms with Crippen LogP contribution in [0.15, 0.2) is 108 Å². The van der Waals surface area contributed by atoms with E-state index in [1.165, 1.54) is 0 Å². The summed E-state index contributed by atoms with van der Waals surface area (Å²) in [6, 6.07) is 30.9. The van der Waals surface area contributed by atoms with Crippen molar-refractivity contribution < 1.29 is 27.8 Å². The van der Waals surface area contributed by atoms with Gasteiger partial charge in [-0.05, 0) is 96.9 Å². The number of nitrogens with one attached hydrogen (secondary N) is 3. The van der Waals surface area contributed by atoms with Crippen LogP contribution in [0.1, 0.15) is 17.5 Å². The molecule has 256 valence electrons. The molecule has 0 bridgehead atoms. The molecule has 2 heterocycles. The van der Waals surface area contributed by atoms with Gasteiger partial charge in [-0.15, -0.1) is 0 Å². The lowest BCUT2D eigenvalue weighted by molar-refractivity contribution is -0.192. The smallest absolute Gasteiger partial charge is 0.475 e. The highest BCUT2D eigenvalue weighted by atomic mass is 35.5. The number of carboxylic acid groups (broad SMARTS) is 1. The van der Waals surface area contributed by atoms with Crippen LogP contribution in [0.3, 0.4) is 0 Å². The number of aliphatic carboxylic acids is 1. The average molecular weight is 702 g/mol. The van der Waals surface area contributed by atoms with Crippen LogP contribution in [-0.4, -0.2) is 52.0 Å². The van der Waals surface area contributed by atoms with Gasteiger partial charge in [-0.1, -0.05) is 23.7 Å². The Bertz CT molecular complexity index is 2170. The number of anilines is 1. The molecule has 0 aliphatic carbocycles. The van der Waals surface area contributed by atoms with Crippen molar-refractivity contribution in [1.82, 2.24) is 9.97 Å². The van der Waals surface area contributed by atoms with Gasteiger partial charge >= 0.3 is 12.1 Å². The first-order valence-electron chi connectivity index (χ1n) is 15.1. The van der Waals surface area contributed by atoms with Crippen LogP contribution in [0, 0.1) is 5.41 Å². The summed E-state index contributed by atoms with van der Waals surface area (Å²) in [4.78, 5) is 21.2. The molecule has 10 nitrogen and oxygen atoms in total. The van der Waals surface area contributed by atoms with E-state index in [1.54, 1.807) is 6.20 Å². The number of ether oxygens (including phenoxy) is 1. The number of hydrogen-bond donors (Lipinski definition) is 6. The molecule has 0 amide bonds. The summed E-state index contributed by atoms with van der Waals surface area (Å²) in [7, 11) is 0. The third-order valence-electron chi connectivity index (χ3n) is 7.36. The number of aliphatic imine (C=N–C) groups is 1. The maximum absolute atomic E-state index is 10.6. The molecule has 0 atom stereocenters. The van der Waals surface area contributed by atoms with E-state index in [2.05, 4.69) is 26.3 Å². The number of carboxylic acids is 1. The lowest BCUT2D eigenvalue weighted by Crippen LogP contribution is -2.21. The van der Waals surface area contributed by atoms with E-state index in [0.29, 0.717) is 28.7 Å². The summed E-state index contributed by atoms with van der Waals surface area (Å²) >= 11 is 6.08. The number of pyridine rings is 1. The van der Waals surface area contributed by atoms with Crippen LogP contribution < -0.4 is 21.5 Å². The van der Waals surface area contributed by atoms with Crippen molar-refractivity contribution in [2.45, 2.75) is 12.6 Å². The molecule has 0 saturated carbocycles. The first-order valence-corrected chi connectivity index (χ1v) is 15.5. The second-order valence-corrected chi connectivity index (χ2v) is 11.4. The van der Waals surface area contributed by atoms with Crippen molar-refractivity contribution in [3.63, 3.8) is 0 Å². The Morgan fingerprint density at radius 2 is 1.60 bits per heavy atom. The van der Waals surface area contributed by atoms with Crippen molar-refractivity contribution >= 4 is 56.7 Å². The third-order valence-corrected chi connectivity index (χ3v) is 7.60. The molecule has 8 N–H and O–H groups in total. The van der Waals surface area contributed by atoms with Crippen molar-refractivity contribution in [1.29, 1.82) is 5.41 Å². The number of H-pyrrole nitrogens is 1. The number of alkyl halides is 3. The van der Waals surface area contributed by atoms with E-state index in [9.17, 15) is 13.2 Å². The van der Waals surface area contributed by atoms with Crippen LogP contribution >= 0.6 is 11.6 Å². The number of hydrogen-bond acceptors (Lipinski definition) is 6. The van der Waals surface area contributed by atoms with Gasteiger partial charge in [-0.2, -0.15) is 13.2 Å². The van der Waals surface area contributed by atoms with Crippen molar-refractivity contribution in [2.75, 3.05) is 18.4 Å². The number of aromatic nitrogens is 2. The molecular formula is C36H31ClF3N7O3. The van der Waals surface area contributed by atoms with E-state index in [4.69, 9.17) is 43.1 Å². The van der Waals surface area contributed by atoms with Crippen LogP contribution in [0.4, 0.5) is 18.9 Å². The normalized spacial score (nSPS) is 11.6. The largest absolute Gasteiger partial charge is 0.490 e. The highest BCUT2D eigenvalue weighted by Crippen LogP contribution is 2.29. The highest BCUT2D eigenvalue weighted by Gasteiger charge is 2.38. The molecule has 0 spiro atoms. The predicted molar refractivity (Wildman–Crippen MR) is 190 cm³/mol. The molecule has 50 heavy (non-hydrogen) atoms. The van der Waals surface area contributed by atoms with Crippen molar-refractivity contribution in [3.05, 3.63) is 119 Å². The van der Waals surface area contributed by atoms with Crippen LogP contribution in [0.2, 0.25) is 5.02 Å². The molecule has 6 aromatic rings. The van der Waals surface area contributed by atoms with Crippen LogP contribution in [0.5, 0.6) is 11.5 Å². The fraction of sp³-hybridized carbons (Fsp3) is 0.111. The molecule has 0 saturated heterocycles. The zero-order valence-corrected chi connectivity index (χ0v) is 27.0. The lowest BCUT2D eigenvalue weighted by Gasteiger charge is -2.09. The fourth-order valence-corrected chi connectivity index (χ4v) is 5.02. The maximum Gasteiger partial charge on any atom is 0.490 e. The Hall–Kier alpha value is -6.08. The summed E-state index contributed by atoms with van der Waals surface area (Å²) in [6.07, 6.45) is -2.48. The molecule has 14 heteroatoms. The van der Waals surface area contributed by atoms with Gasteiger partial charge in [0.2, 0.25) is 0 Å². The lowest BCUT2D eigenvalue weighted by atomic mass is 10.1. The van der Waals surface area contributed by atoms with E-state index < -0.39 is 12.1 Å². The van der Waals surface area contributed by atoms with Crippen LogP contribution in [-0.2, 0) is 4.79 Å². The Kier molecular flexibility index (Phi) is 10.9. The van der Waals surface area contributed by atoms with Gasteiger partial charge in [0, 0.05) is 63.1 Å². The molecule has 0 aliphatic heterocycles. The molecule has 0 unspecified atom stereocenters. The van der Waals surface area contributed by atoms with Gasteiger partial charge in [-0.25, -0.2) is 4.79 Å². The number of amidine groups is 2. The number of nitrogens with zero attached hydrogens (tertiary/aromatic N) is 2. The number of rotatable bonds is 10. The number of aromatic amines is 1. The van der Waals surface area contributed by atoms with E-state index >= 15 is 0 Å². The first kappa shape index (κ1) is 35.2. The summed E-state index contributed by atoms with van der Waals surface area (Å²) in [5.74, 6) is -0.776. The molecule has 0 radical (unpaired) electrons. The second kappa shape index (κ2) is 15.4. The minimum atomic E-state index is -5.08. The highest BCUT2D eigenvalue weighted by molar-refractivity contribution is 6.31. The van der Waals surface area contributed by atoms with Gasteiger partial charge in [0.15, 0.2) is 0 Å². The zero-order valence-electron chi connectivity index (χ0n) is 26.3. The maximum atomic E-state index is 10.6. The van der Waals surface area contributed by atoms with Crippen LogP contribution in [0.25, 0.3) is 33.1 Å². The predicted octanol–water partition coefficient (Wildman–Crippen LogP) is 7.95. The Morgan fingerprint density at radius 1 is 0.940 bits per heavy atom. The quantitative estimate of drug-likeness (QED) is 0.0477. The summed E-state index contributed by atoms with van der Waals surface area (Å²) in [6.45, 7) is 1.36. The SMILES string of the molecule is N=C(N)c1ccc2cc(-c3ccc(Oc4ccc(C(N)=NCCCNc5ccnc6cc(Cl)ccc56)cc4)cc3)[nH]c2c1.O=C(O)C(F)(F)F.